The summed E-state index contributed by atoms with van der Waals surface area (Å²) in [6.45, 7) is -1.04. The standard InChI is InChI=1S/C6H4F7IO/c7-4(8,1-3(14)2-15)5(9,10)6(11,12)13/h1,15H,2H2/b3-1+. The monoisotopic (exact) mass is 352 g/mol. The Labute approximate surface area is 93.1 Å². The molecule has 0 spiro atoms. The Kier molecular flexibility index (Phi) is 4.42. The molecule has 0 heterocycles. The fourth-order valence-corrected chi connectivity index (χ4v) is 0.913. The van der Waals surface area contributed by atoms with Crippen molar-refractivity contribution in [2.24, 2.45) is 0 Å². The summed E-state index contributed by atoms with van der Waals surface area (Å²) in [6.07, 6.45) is -6.96. The van der Waals surface area contributed by atoms with Crippen molar-refractivity contribution in [2.75, 3.05) is 6.61 Å². The number of hydrogen-bond donors (Lipinski definition) is 1. The van der Waals surface area contributed by atoms with Crippen LogP contribution in [0.2, 0.25) is 0 Å². The fourth-order valence-electron chi connectivity index (χ4n) is 0.522. The molecule has 9 heteroatoms. The van der Waals surface area contributed by atoms with Crippen molar-refractivity contribution < 1.29 is 35.8 Å². The first-order valence-electron chi connectivity index (χ1n) is 3.26. The largest absolute Gasteiger partial charge is 0.460 e. The topological polar surface area (TPSA) is 20.2 Å². The second-order valence-electron chi connectivity index (χ2n) is 2.44. The van der Waals surface area contributed by atoms with Crippen LogP contribution in [0.5, 0.6) is 0 Å². The van der Waals surface area contributed by atoms with Crippen molar-refractivity contribution in [3.8, 4) is 0 Å². The van der Waals surface area contributed by atoms with Crippen LogP contribution in [-0.4, -0.2) is 29.7 Å². The Bertz CT molecular complexity index is 257. The molecule has 1 N–H and O–H groups in total. The summed E-state index contributed by atoms with van der Waals surface area (Å²) in [7, 11) is 0. The first-order valence-corrected chi connectivity index (χ1v) is 4.34. The van der Waals surface area contributed by atoms with E-state index in [1.54, 1.807) is 0 Å². The Morgan fingerprint density at radius 2 is 1.47 bits per heavy atom. The fraction of sp³-hybridized carbons (Fsp3) is 0.667. The normalized spacial score (nSPS) is 15.7. The lowest BCUT2D eigenvalue weighted by molar-refractivity contribution is -0.341. The first kappa shape index (κ1) is 14.9. The average molecular weight is 352 g/mol. The average Bonchev–Trinajstić information content (AvgIpc) is 2.00. The van der Waals surface area contributed by atoms with Gasteiger partial charge >= 0.3 is 18.0 Å². The highest BCUT2D eigenvalue weighted by molar-refractivity contribution is 14.1. The molecule has 0 saturated heterocycles. The number of rotatable bonds is 3. The van der Waals surface area contributed by atoms with E-state index in [4.69, 9.17) is 5.11 Å². The van der Waals surface area contributed by atoms with Gasteiger partial charge in [0.2, 0.25) is 0 Å². The summed E-state index contributed by atoms with van der Waals surface area (Å²) in [6, 6.07) is 0. The molecule has 0 radical (unpaired) electrons. The van der Waals surface area contributed by atoms with E-state index >= 15 is 0 Å². The summed E-state index contributed by atoms with van der Waals surface area (Å²) in [5.74, 6) is -11.5. The quantitative estimate of drug-likeness (QED) is 0.611. The van der Waals surface area contributed by atoms with E-state index in [-0.39, 0.29) is 0 Å². The molecule has 0 unspecified atom stereocenters. The van der Waals surface area contributed by atoms with Crippen molar-refractivity contribution in [3.63, 3.8) is 0 Å². The molecule has 0 aromatic heterocycles. The summed E-state index contributed by atoms with van der Waals surface area (Å²) < 4.78 is 83.3. The molecule has 0 fully saturated rings. The third-order valence-corrected chi connectivity index (χ3v) is 1.92. The van der Waals surface area contributed by atoms with Gasteiger partial charge in [-0.25, -0.2) is 0 Å². The van der Waals surface area contributed by atoms with Gasteiger partial charge in [0, 0.05) is 9.66 Å². The third kappa shape index (κ3) is 3.20. The van der Waals surface area contributed by atoms with Crippen LogP contribution in [0.15, 0.2) is 9.66 Å². The molecule has 0 saturated carbocycles. The van der Waals surface area contributed by atoms with Gasteiger partial charge in [0.05, 0.1) is 6.61 Å². The molecule has 0 aliphatic rings. The van der Waals surface area contributed by atoms with Gasteiger partial charge in [-0.05, 0) is 22.6 Å². The van der Waals surface area contributed by atoms with E-state index in [2.05, 4.69) is 0 Å². The van der Waals surface area contributed by atoms with Crippen LogP contribution < -0.4 is 0 Å². The van der Waals surface area contributed by atoms with Crippen molar-refractivity contribution >= 4 is 22.6 Å². The zero-order chi connectivity index (χ0) is 12.5. The Balaban J connectivity index is 5.20. The van der Waals surface area contributed by atoms with Crippen LogP contribution in [0.4, 0.5) is 30.7 Å². The molecular weight excluding hydrogens is 348 g/mol. The van der Waals surface area contributed by atoms with E-state index in [1.165, 1.54) is 0 Å². The van der Waals surface area contributed by atoms with E-state index < -0.39 is 34.3 Å². The van der Waals surface area contributed by atoms with Crippen LogP contribution in [0.3, 0.4) is 0 Å². The van der Waals surface area contributed by atoms with E-state index in [9.17, 15) is 30.7 Å². The molecule has 0 aromatic rings. The summed E-state index contributed by atoms with van der Waals surface area (Å²) >= 11 is 1.03. The maximum Gasteiger partial charge on any atom is 0.460 e. The third-order valence-electron chi connectivity index (χ3n) is 1.26. The molecule has 0 bridgehead atoms. The predicted molar refractivity (Wildman–Crippen MR) is 45.1 cm³/mol. The molecule has 0 aliphatic carbocycles. The van der Waals surface area contributed by atoms with Gasteiger partial charge in [0.25, 0.3) is 0 Å². The summed E-state index contributed by atoms with van der Waals surface area (Å²) in [4.78, 5) is 0. The molecule has 15 heavy (non-hydrogen) atoms. The van der Waals surface area contributed by atoms with Crippen molar-refractivity contribution in [1.29, 1.82) is 0 Å². The zero-order valence-electron chi connectivity index (χ0n) is 6.76. The maximum atomic E-state index is 12.5. The summed E-state index contributed by atoms with van der Waals surface area (Å²) in [5, 5.41) is 8.23. The number of halogens is 8. The van der Waals surface area contributed by atoms with Crippen LogP contribution in [-0.2, 0) is 0 Å². The molecule has 0 amide bonds. The predicted octanol–water partition coefficient (Wildman–Crippen LogP) is 3.13. The van der Waals surface area contributed by atoms with E-state index in [0.29, 0.717) is 0 Å². The number of allylic oxidation sites excluding steroid dienone is 1. The van der Waals surface area contributed by atoms with Crippen molar-refractivity contribution in [3.05, 3.63) is 9.66 Å². The van der Waals surface area contributed by atoms with Gasteiger partial charge in [-0.2, -0.15) is 30.7 Å². The van der Waals surface area contributed by atoms with Gasteiger partial charge in [-0.3, -0.25) is 0 Å². The molecule has 0 atom stereocenters. The Morgan fingerprint density at radius 3 is 1.73 bits per heavy atom. The molecule has 0 aliphatic heterocycles. The maximum absolute atomic E-state index is 12.5. The van der Waals surface area contributed by atoms with Gasteiger partial charge in [-0.1, -0.05) is 0 Å². The van der Waals surface area contributed by atoms with Crippen LogP contribution in [0.25, 0.3) is 0 Å². The minimum atomic E-state index is -6.35. The lowest BCUT2D eigenvalue weighted by Crippen LogP contribution is -2.50. The van der Waals surface area contributed by atoms with Crippen LogP contribution >= 0.6 is 22.6 Å². The van der Waals surface area contributed by atoms with Crippen molar-refractivity contribution in [2.45, 2.75) is 18.0 Å². The number of aliphatic hydroxyl groups is 1. The van der Waals surface area contributed by atoms with Crippen LogP contribution in [0.1, 0.15) is 0 Å². The smallest absolute Gasteiger partial charge is 0.391 e. The second-order valence-corrected chi connectivity index (χ2v) is 3.83. The number of alkyl halides is 7. The van der Waals surface area contributed by atoms with Crippen molar-refractivity contribution in [1.82, 2.24) is 0 Å². The van der Waals surface area contributed by atoms with Crippen LogP contribution in [0, 0.1) is 0 Å². The van der Waals surface area contributed by atoms with E-state index in [0.717, 1.165) is 22.6 Å². The Morgan fingerprint density at radius 1 is 1.07 bits per heavy atom. The highest BCUT2D eigenvalue weighted by Gasteiger charge is 2.72. The SMILES string of the molecule is OC/C(I)=C\C(F)(F)C(F)(F)C(F)(F)F. The first-order chi connectivity index (χ1) is 6.45. The van der Waals surface area contributed by atoms with Gasteiger partial charge in [0.1, 0.15) is 0 Å². The lowest BCUT2D eigenvalue weighted by atomic mass is 10.1. The minimum Gasteiger partial charge on any atom is -0.391 e. The minimum absolute atomic E-state index is 0.610. The number of hydrogen-bond acceptors (Lipinski definition) is 1. The molecule has 0 rings (SSSR count). The molecular formula is C6H4F7IO. The zero-order valence-corrected chi connectivity index (χ0v) is 8.91. The molecule has 90 valence electrons. The molecule has 1 nitrogen and oxygen atoms in total. The summed E-state index contributed by atoms with van der Waals surface area (Å²) in [5.41, 5.74) is 0. The number of aliphatic hydroxyl groups excluding tert-OH is 1. The lowest BCUT2D eigenvalue weighted by Gasteiger charge is -2.26. The van der Waals surface area contributed by atoms with Gasteiger partial charge in [0.15, 0.2) is 0 Å². The van der Waals surface area contributed by atoms with Gasteiger partial charge in [-0.15, -0.1) is 0 Å². The highest BCUT2D eigenvalue weighted by atomic mass is 127. The Hall–Kier alpha value is -0.0600. The van der Waals surface area contributed by atoms with Gasteiger partial charge < -0.3 is 5.11 Å². The van der Waals surface area contributed by atoms with E-state index in [1.807, 2.05) is 0 Å². The highest BCUT2D eigenvalue weighted by Crippen LogP contribution is 2.47. The molecule has 0 aromatic carbocycles. The second kappa shape index (κ2) is 4.44.